The van der Waals surface area contributed by atoms with Crippen molar-refractivity contribution in [1.29, 1.82) is 0 Å². The Morgan fingerprint density at radius 2 is 1.97 bits per heavy atom. The second-order valence-electron chi connectivity index (χ2n) is 7.70. The Morgan fingerprint density at radius 1 is 1.16 bits per heavy atom. The van der Waals surface area contributed by atoms with E-state index < -0.39 is 0 Å². The molecule has 0 fully saturated rings. The first-order valence-electron chi connectivity index (χ1n) is 10.3. The number of hydrogen-bond donors (Lipinski definition) is 0. The minimum Gasteiger partial charge on any atom is -0.360 e. The molecule has 3 heterocycles. The molecule has 3 aromatic heterocycles. The van der Waals surface area contributed by atoms with Crippen molar-refractivity contribution in [3.05, 3.63) is 77.3 Å². The number of Topliss-reactive ketones (excluding diaryl/α,β-unsaturated/α-hetero) is 1. The van der Waals surface area contributed by atoms with Gasteiger partial charge in [-0.15, -0.1) is 16.8 Å². The van der Waals surface area contributed by atoms with Crippen molar-refractivity contribution in [3.8, 4) is 17.2 Å². The number of benzene rings is 1. The highest BCUT2D eigenvalue weighted by Gasteiger charge is 2.20. The zero-order valence-corrected chi connectivity index (χ0v) is 19.4. The third kappa shape index (κ3) is 4.18. The maximum atomic E-state index is 13.1. The van der Waals surface area contributed by atoms with Crippen LogP contribution in [0, 0.1) is 27.7 Å². The Bertz CT molecular complexity index is 1300. The predicted molar refractivity (Wildman–Crippen MR) is 125 cm³/mol. The number of aryl methyl sites for hydroxylation is 3. The molecule has 7 nitrogen and oxygen atoms in total. The fourth-order valence-electron chi connectivity index (χ4n) is 3.75. The van der Waals surface area contributed by atoms with Crippen LogP contribution < -0.4 is 0 Å². The van der Waals surface area contributed by atoms with E-state index in [0.29, 0.717) is 23.1 Å². The van der Waals surface area contributed by atoms with Crippen molar-refractivity contribution in [2.45, 2.75) is 39.4 Å². The lowest BCUT2D eigenvalue weighted by molar-refractivity contribution is 0.102. The molecule has 8 heteroatoms. The average Bonchev–Trinajstić information content (AvgIpc) is 3.44. The van der Waals surface area contributed by atoms with Crippen LogP contribution in [0.4, 0.5) is 0 Å². The molecule has 32 heavy (non-hydrogen) atoms. The number of nitrogens with zero attached hydrogens (tertiary/aromatic N) is 5. The zero-order valence-electron chi connectivity index (χ0n) is 18.6. The van der Waals surface area contributed by atoms with Gasteiger partial charge in [-0.3, -0.25) is 13.9 Å². The number of ketones is 1. The third-order valence-electron chi connectivity index (χ3n) is 5.21. The Kier molecular flexibility index (Phi) is 6.14. The van der Waals surface area contributed by atoms with Crippen molar-refractivity contribution in [2.24, 2.45) is 0 Å². The average molecular weight is 448 g/mol. The molecule has 0 amide bonds. The molecule has 4 aromatic rings. The minimum atomic E-state index is 0.0276. The van der Waals surface area contributed by atoms with Gasteiger partial charge in [0.1, 0.15) is 5.76 Å². The standard InChI is InChI=1S/C24H25N5O2S/c1-6-10-28-23(19-9-7-8-15(2)11-19)25-26-24(28)32-14-21(30)20-12-16(3)29(18(20)5)22-13-17(4)31-27-22/h6-9,11-13H,1,10,14H2,2-5H3. The van der Waals surface area contributed by atoms with Crippen LogP contribution in [-0.4, -0.2) is 36.0 Å². The Balaban J connectivity index is 1.57. The number of hydrogen-bond acceptors (Lipinski definition) is 6. The number of aromatic nitrogens is 5. The molecular formula is C24H25N5O2S. The second-order valence-corrected chi connectivity index (χ2v) is 8.65. The van der Waals surface area contributed by atoms with Gasteiger partial charge in [-0.25, -0.2) is 0 Å². The number of allylic oxidation sites excluding steroid dienone is 1. The first kappa shape index (κ1) is 21.8. The van der Waals surface area contributed by atoms with Crippen molar-refractivity contribution in [2.75, 3.05) is 5.75 Å². The summed E-state index contributed by atoms with van der Waals surface area (Å²) in [6.07, 6.45) is 1.81. The van der Waals surface area contributed by atoms with Crippen molar-refractivity contribution in [3.63, 3.8) is 0 Å². The van der Waals surface area contributed by atoms with Gasteiger partial charge < -0.3 is 4.52 Å². The van der Waals surface area contributed by atoms with E-state index in [2.05, 4.69) is 28.0 Å². The molecular weight excluding hydrogens is 422 g/mol. The van der Waals surface area contributed by atoms with Gasteiger partial charge in [0.15, 0.2) is 22.6 Å². The molecule has 4 rings (SSSR count). The van der Waals surface area contributed by atoms with Gasteiger partial charge in [0, 0.05) is 35.1 Å². The number of carbonyl (C=O) groups excluding carboxylic acids is 1. The van der Waals surface area contributed by atoms with Crippen LogP contribution in [-0.2, 0) is 6.54 Å². The lowest BCUT2D eigenvalue weighted by Gasteiger charge is -2.08. The molecule has 0 radical (unpaired) electrons. The molecule has 0 atom stereocenters. The summed E-state index contributed by atoms with van der Waals surface area (Å²) in [6.45, 7) is 12.2. The first-order chi connectivity index (χ1) is 15.4. The summed E-state index contributed by atoms with van der Waals surface area (Å²) in [4.78, 5) is 13.1. The molecule has 0 bridgehead atoms. The van der Waals surface area contributed by atoms with E-state index in [4.69, 9.17) is 4.52 Å². The third-order valence-corrected chi connectivity index (χ3v) is 6.18. The fraction of sp³-hybridized carbons (Fsp3) is 0.250. The summed E-state index contributed by atoms with van der Waals surface area (Å²) in [7, 11) is 0. The van der Waals surface area contributed by atoms with Crippen LogP contribution in [0.25, 0.3) is 17.2 Å². The molecule has 0 saturated heterocycles. The molecule has 0 aliphatic heterocycles. The summed E-state index contributed by atoms with van der Waals surface area (Å²) in [5.41, 5.74) is 4.58. The van der Waals surface area contributed by atoms with Crippen molar-refractivity contribution < 1.29 is 9.32 Å². The van der Waals surface area contributed by atoms with Crippen LogP contribution in [0.5, 0.6) is 0 Å². The minimum absolute atomic E-state index is 0.0276. The highest BCUT2D eigenvalue weighted by Crippen LogP contribution is 2.27. The van der Waals surface area contributed by atoms with E-state index in [1.54, 1.807) is 0 Å². The van der Waals surface area contributed by atoms with Crippen LogP contribution in [0.15, 0.2) is 58.7 Å². The summed E-state index contributed by atoms with van der Waals surface area (Å²) in [5.74, 6) is 2.45. The number of rotatable bonds is 8. The van der Waals surface area contributed by atoms with Gasteiger partial charge in [-0.2, -0.15) is 0 Å². The highest BCUT2D eigenvalue weighted by molar-refractivity contribution is 7.99. The summed E-state index contributed by atoms with van der Waals surface area (Å²) >= 11 is 1.38. The normalized spacial score (nSPS) is 11.1. The molecule has 0 unspecified atom stereocenters. The van der Waals surface area contributed by atoms with Gasteiger partial charge in [0.2, 0.25) is 0 Å². The van der Waals surface area contributed by atoms with E-state index in [1.165, 1.54) is 11.8 Å². The lowest BCUT2D eigenvalue weighted by atomic mass is 10.1. The Hall–Kier alpha value is -3.39. The zero-order chi connectivity index (χ0) is 22.8. The van der Waals surface area contributed by atoms with Crippen LogP contribution in [0.2, 0.25) is 0 Å². The summed E-state index contributed by atoms with van der Waals surface area (Å²) in [6, 6.07) is 11.9. The van der Waals surface area contributed by atoms with Crippen LogP contribution >= 0.6 is 11.8 Å². The van der Waals surface area contributed by atoms with Gasteiger partial charge >= 0.3 is 0 Å². The van der Waals surface area contributed by atoms with E-state index in [-0.39, 0.29) is 11.5 Å². The highest BCUT2D eigenvalue weighted by atomic mass is 32.2. The molecule has 0 aliphatic carbocycles. The van der Waals surface area contributed by atoms with Gasteiger partial charge in [0.25, 0.3) is 0 Å². The summed E-state index contributed by atoms with van der Waals surface area (Å²) in [5, 5.41) is 13.5. The van der Waals surface area contributed by atoms with Crippen LogP contribution in [0.3, 0.4) is 0 Å². The van der Waals surface area contributed by atoms with Crippen molar-refractivity contribution >= 4 is 17.5 Å². The van der Waals surface area contributed by atoms with Gasteiger partial charge in [-0.1, -0.05) is 46.8 Å². The van der Waals surface area contributed by atoms with E-state index in [1.807, 2.05) is 73.2 Å². The largest absolute Gasteiger partial charge is 0.360 e. The van der Waals surface area contributed by atoms with E-state index >= 15 is 0 Å². The number of carbonyl (C=O) groups is 1. The van der Waals surface area contributed by atoms with E-state index in [0.717, 1.165) is 34.1 Å². The predicted octanol–water partition coefficient (Wildman–Crippen LogP) is 5.12. The van der Waals surface area contributed by atoms with Crippen LogP contribution in [0.1, 0.15) is 33.1 Å². The maximum Gasteiger partial charge on any atom is 0.192 e. The maximum absolute atomic E-state index is 13.1. The Morgan fingerprint density at radius 3 is 2.66 bits per heavy atom. The molecule has 0 N–H and O–H groups in total. The molecule has 0 spiro atoms. The SMILES string of the molecule is C=CCn1c(SCC(=O)c2cc(C)n(-c3cc(C)on3)c2C)nnc1-c1cccc(C)c1. The molecule has 164 valence electrons. The topological polar surface area (TPSA) is 78.7 Å². The second kappa shape index (κ2) is 9.00. The van der Waals surface area contributed by atoms with Gasteiger partial charge in [-0.05, 0) is 39.8 Å². The smallest absolute Gasteiger partial charge is 0.192 e. The Labute approximate surface area is 191 Å². The quantitative estimate of drug-likeness (QED) is 0.212. The van der Waals surface area contributed by atoms with Crippen molar-refractivity contribution in [1.82, 2.24) is 24.5 Å². The van der Waals surface area contributed by atoms with E-state index in [9.17, 15) is 4.79 Å². The monoisotopic (exact) mass is 447 g/mol. The first-order valence-corrected chi connectivity index (χ1v) is 11.3. The summed E-state index contributed by atoms with van der Waals surface area (Å²) < 4.78 is 9.12. The van der Waals surface area contributed by atoms with Gasteiger partial charge in [0.05, 0.1) is 5.75 Å². The number of thioether (sulfide) groups is 1. The molecule has 1 aromatic carbocycles. The fourth-order valence-corrected chi connectivity index (χ4v) is 4.58. The molecule has 0 saturated carbocycles. The molecule has 0 aliphatic rings. The lowest BCUT2D eigenvalue weighted by Crippen LogP contribution is -2.07.